The monoisotopic (exact) mass is 232 g/mol. The van der Waals surface area contributed by atoms with E-state index in [9.17, 15) is 0 Å². The molecule has 0 aliphatic rings. The van der Waals surface area contributed by atoms with E-state index in [4.69, 9.17) is 0 Å². The van der Waals surface area contributed by atoms with Gasteiger partial charge in [-0.15, -0.1) is 0 Å². The molecule has 0 fully saturated rings. The summed E-state index contributed by atoms with van der Waals surface area (Å²) >= 11 is 0. The van der Waals surface area contributed by atoms with Gasteiger partial charge in [0, 0.05) is 0 Å². The van der Waals surface area contributed by atoms with Crippen LogP contribution in [0.2, 0.25) is 0 Å². The predicted octanol–water partition coefficient (Wildman–Crippen LogP) is -2.59. The fraction of sp³-hybridized carbons (Fsp3) is 0. The predicted molar refractivity (Wildman–Crippen MR) is 30.9 cm³/mol. The van der Waals surface area contributed by atoms with E-state index < -0.39 is 0 Å². The van der Waals surface area contributed by atoms with Gasteiger partial charge in [0.2, 0.25) is 0 Å². The fourth-order valence-corrected chi connectivity index (χ4v) is 0. The molecule has 0 bridgehead atoms. The molecular formula is H10BaCaOSi. The normalized spacial score (nSPS) is 0. The molecule has 0 saturated carbocycles. The molecule has 0 atom stereocenters. The second-order valence-electron chi connectivity index (χ2n) is 0. The van der Waals surface area contributed by atoms with Crippen LogP contribution in [0, 0.1) is 0 Å². The van der Waals surface area contributed by atoms with Gasteiger partial charge in [0.25, 0.3) is 0 Å². The zero-order valence-corrected chi connectivity index (χ0v) is 8.56. The Kier molecular flexibility index (Phi) is 116. The summed E-state index contributed by atoms with van der Waals surface area (Å²) in [6.07, 6.45) is 0. The van der Waals surface area contributed by atoms with Gasteiger partial charge in [-0.25, -0.2) is 0 Å². The summed E-state index contributed by atoms with van der Waals surface area (Å²) in [6, 6.07) is 0. The van der Waals surface area contributed by atoms with Crippen LogP contribution in [-0.4, -0.2) is 103 Å². The molecule has 0 spiro atoms. The Labute approximate surface area is 106 Å². The summed E-state index contributed by atoms with van der Waals surface area (Å²) in [6.45, 7) is 0. The van der Waals surface area contributed by atoms with Gasteiger partial charge >= 0.3 is 86.6 Å². The first-order chi connectivity index (χ1) is 0. The number of hydrogen-bond donors (Lipinski definition) is 0. The molecule has 4 heteroatoms. The van der Waals surface area contributed by atoms with Crippen LogP contribution in [0.15, 0.2) is 0 Å². The molecule has 0 radical (unpaired) electrons. The topological polar surface area (TPSA) is 31.5 Å². The minimum absolute atomic E-state index is 0. The van der Waals surface area contributed by atoms with Crippen LogP contribution in [0.3, 0.4) is 0 Å². The molecular weight excluding hydrogens is 221 g/mol. The molecule has 0 aliphatic heterocycles. The third-order valence-corrected chi connectivity index (χ3v) is 0. The van der Waals surface area contributed by atoms with Gasteiger partial charge in [0.15, 0.2) is 0 Å². The van der Waals surface area contributed by atoms with E-state index in [1.54, 1.807) is 0 Å². The fourth-order valence-electron chi connectivity index (χ4n) is 0. The van der Waals surface area contributed by atoms with Crippen molar-refractivity contribution in [2.24, 2.45) is 0 Å². The maximum Gasteiger partial charge on any atom is 2.00 e. The van der Waals surface area contributed by atoms with E-state index in [1.165, 1.54) is 0 Å². The smallest absolute Gasteiger partial charge is 1.00 e. The van der Waals surface area contributed by atoms with Gasteiger partial charge < -0.3 is 11.2 Å². The van der Waals surface area contributed by atoms with Crippen LogP contribution in [-0.2, 0) is 0 Å². The van der Waals surface area contributed by atoms with Gasteiger partial charge in [0.1, 0.15) is 0 Å². The van der Waals surface area contributed by atoms with Crippen molar-refractivity contribution in [3.63, 3.8) is 0 Å². The Balaban J connectivity index is 0. The molecule has 0 heterocycles. The van der Waals surface area contributed by atoms with Crippen LogP contribution in [0.5, 0.6) is 0 Å². The molecule has 0 aromatic rings. The van der Waals surface area contributed by atoms with Crippen LogP contribution >= 0.6 is 0 Å². The Bertz CT molecular complexity index is 16.0. The van der Waals surface area contributed by atoms with E-state index in [1.807, 2.05) is 0 Å². The second kappa shape index (κ2) is 16.7. The maximum absolute atomic E-state index is 0. The molecule has 0 aliphatic carbocycles. The van der Waals surface area contributed by atoms with Crippen molar-refractivity contribution in [3.05, 3.63) is 0 Å². The van der Waals surface area contributed by atoms with Crippen molar-refractivity contribution in [2.75, 3.05) is 0 Å². The van der Waals surface area contributed by atoms with Gasteiger partial charge in [-0.3, -0.25) is 0 Å². The summed E-state index contributed by atoms with van der Waals surface area (Å²) < 4.78 is 0. The molecule has 0 unspecified atom stereocenters. The summed E-state index contributed by atoms with van der Waals surface area (Å²) in [5.41, 5.74) is 0. The van der Waals surface area contributed by atoms with Crippen molar-refractivity contribution in [1.29, 1.82) is 0 Å². The zero-order chi connectivity index (χ0) is 0. The van der Waals surface area contributed by atoms with E-state index >= 15 is 0 Å². The van der Waals surface area contributed by atoms with E-state index in [0.717, 1.165) is 0 Å². The van der Waals surface area contributed by atoms with Crippen molar-refractivity contribution in [1.82, 2.24) is 0 Å². The standard InChI is InChI=1S/Ba.Ca.H2O.H4Si.4H/h;;1H2;1H4;;;;/q2*+2;;;4*-1. The molecule has 0 rings (SSSR count). The molecule has 4 heavy (non-hydrogen) atoms. The zero-order valence-electron chi connectivity index (χ0n) is 5.91. The first kappa shape index (κ1) is 28.0. The van der Waals surface area contributed by atoms with Crippen molar-refractivity contribution < 1.29 is 11.2 Å². The molecule has 0 saturated heterocycles. The van der Waals surface area contributed by atoms with Gasteiger partial charge in [-0.1, -0.05) is 0 Å². The summed E-state index contributed by atoms with van der Waals surface area (Å²) in [7, 11) is 0. The molecule has 0 amide bonds. The average Bonchev–Trinajstić information content (AvgIpc) is 0. The summed E-state index contributed by atoms with van der Waals surface area (Å²) in [4.78, 5) is 0. The number of hydrogen-bond acceptors (Lipinski definition) is 0. The molecule has 2 N–H and O–H groups in total. The van der Waals surface area contributed by atoms with Crippen LogP contribution < -0.4 is 0 Å². The molecule has 1 nitrogen and oxygen atoms in total. The average molecular weight is 232 g/mol. The maximum atomic E-state index is 0. The first-order valence-electron chi connectivity index (χ1n) is 0. The number of rotatable bonds is 0. The van der Waals surface area contributed by atoms with Crippen molar-refractivity contribution >= 4 is 97.6 Å². The van der Waals surface area contributed by atoms with Gasteiger partial charge in [-0.05, 0) is 11.0 Å². The largest absolute Gasteiger partial charge is 2.00 e. The molecule has 24 valence electrons. The van der Waals surface area contributed by atoms with Crippen molar-refractivity contribution in [2.45, 2.75) is 0 Å². The van der Waals surface area contributed by atoms with E-state index in [0.29, 0.717) is 0 Å². The quantitative estimate of drug-likeness (QED) is 0.410. The van der Waals surface area contributed by atoms with Gasteiger partial charge in [0.05, 0.1) is 0 Å². The third-order valence-electron chi connectivity index (χ3n) is 0. The SMILES string of the molecule is O.[Ba+2].[Ca+2].[H-].[H-].[H-].[H-].[SiH4]. The summed E-state index contributed by atoms with van der Waals surface area (Å²) in [5.74, 6) is 0. The second-order valence-corrected chi connectivity index (χ2v) is 0. The third kappa shape index (κ3) is 8.89. The van der Waals surface area contributed by atoms with Crippen LogP contribution in [0.4, 0.5) is 0 Å². The molecule has 0 aromatic carbocycles. The van der Waals surface area contributed by atoms with Gasteiger partial charge in [-0.2, -0.15) is 0 Å². The van der Waals surface area contributed by atoms with Crippen LogP contribution in [0.1, 0.15) is 5.71 Å². The minimum atomic E-state index is 0. The Morgan fingerprint density at radius 3 is 1.25 bits per heavy atom. The Hall–Kier alpha value is 3.01. The van der Waals surface area contributed by atoms with Crippen molar-refractivity contribution in [3.8, 4) is 0 Å². The Morgan fingerprint density at radius 2 is 1.25 bits per heavy atom. The van der Waals surface area contributed by atoms with E-state index in [2.05, 4.69) is 0 Å². The summed E-state index contributed by atoms with van der Waals surface area (Å²) in [5, 5.41) is 0. The molecule has 0 aromatic heterocycles. The Morgan fingerprint density at radius 1 is 1.25 bits per heavy atom. The first-order valence-corrected chi connectivity index (χ1v) is 0. The minimum Gasteiger partial charge on any atom is -1.00 e. The van der Waals surface area contributed by atoms with Crippen LogP contribution in [0.25, 0.3) is 0 Å². The van der Waals surface area contributed by atoms with E-state index in [-0.39, 0.29) is 109 Å².